The number of phenols is 2. The fourth-order valence-electron chi connectivity index (χ4n) is 3.26. The van der Waals surface area contributed by atoms with Gasteiger partial charge in [0.25, 0.3) is 0 Å². The molecule has 0 aliphatic carbocycles. The third-order valence-electron chi connectivity index (χ3n) is 4.85. The molecular formula is C20H18O7. The second-order valence-electron chi connectivity index (χ2n) is 7.19. The first-order valence-electron chi connectivity index (χ1n) is 8.39. The molecule has 140 valence electrons. The number of aliphatic hydroxyl groups excluding tert-OH is 1. The Morgan fingerprint density at radius 2 is 1.85 bits per heavy atom. The van der Waals surface area contributed by atoms with Crippen molar-refractivity contribution in [3.8, 4) is 34.3 Å². The first-order chi connectivity index (χ1) is 12.7. The average molecular weight is 370 g/mol. The predicted octanol–water partition coefficient (Wildman–Crippen LogP) is 2.65. The van der Waals surface area contributed by atoms with Crippen LogP contribution in [0.3, 0.4) is 0 Å². The minimum Gasteiger partial charge on any atom is -0.508 e. The maximum atomic E-state index is 12.5. The Hall–Kier alpha value is -3.19. The van der Waals surface area contributed by atoms with Crippen LogP contribution in [0.1, 0.15) is 19.4 Å². The Morgan fingerprint density at radius 3 is 2.59 bits per heavy atom. The van der Waals surface area contributed by atoms with E-state index >= 15 is 0 Å². The van der Waals surface area contributed by atoms with E-state index in [9.17, 15) is 25.2 Å². The molecule has 1 aliphatic rings. The summed E-state index contributed by atoms with van der Waals surface area (Å²) in [6, 6.07) is 7.16. The third kappa shape index (κ3) is 2.67. The highest BCUT2D eigenvalue weighted by molar-refractivity contribution is 5.88. The summed E-state index contributed by atoms with van der Waals surface area (Å²) in [5.74, 6) is -0.901. The molecule has 1 aliphatic heterocycles. The standard InChI is InChI=1S/C20H18O7/c1-20(2)15(23)6-10-5-9(3-4-13(10)27-20)19-18(25)17(24)16-12(22)7-11(21)8-14(16)26-19/h3-5,7-8,15,21-23,25H,6H2,1-2H3/t15-/m0/s1. The maximum Gasteiger partial charge on any atom is 0.238 e. The highest BCUT2D eigenvalue weighted by Gasteiger charge is 2.35. The van der Waals surface area contributed by atoms with Crippen molar-refractivity contribution in [2.45, 2.75) is 32.0 Å². The van der Waals surface area contributed by atoms with Crippen LogP contribution >= 0.6 is 0 Å². The zero-order valence-electron chi connectivity index (χ0n) is 14.7. The molecule has 4 N–H and O–H groups in total. The summed E-state index contributed by atoms with van der Waals surface area (Å²) in [4.78, 5) is 12.5. The molecule has 27 heavy (non-hydrogen) atoms. The molecule has 0 bridgehead atoms. The fraction of sp³-hybridized carbons (Fsp3) is 0.250. The van der Waals surface area contributed by atoms with Crippen molar-refractivity contribution < 1.29 is 29.6 Å². The summed E-state index contributed by atoms with van der Waals surface area (Å²) >= 11 is 0. The van der Waals surface area contributed by atoms with Gasteiger partial charge in [-0.3, -0.25) is 4.79 Å². The van der Waals surface area contributed by atoms with E-state index in [0.29, 0.717) is 23.3 Å². The van der Waals surface area contributed by atoms with Crippen LogP contribution in [0.15, 0.2) is 39.5 Å². The SMILES string of the molecule is CC1(C)Oc2ccc(-c3oc4cc(O)cc(O)c4c(=O)c3O)cc2C[C@@H]1O. The van der Waals surface area contributed by atoms with Gasteiger partial charge in [0.05, 0.1) is 6.10 Å². The number of hydrogen-bond donors (Lipinski definition) is 4. The van der Waals surface area contributed by atoms with Crippen molar-refractivity contribution in [2.75, 3.05) is 0 Å². The number of aliphatic hydroxyl groups is 1. The molecule has 0 saturated heterocycles. The van der Waals surface area contributed by atoms with Gasteiger partial charge in [-0.15, -0.1) is 0 Å². The van der Waals surface area contributed by atoms with Crippen LogP contribution < -0.4 is 10.2 Å². The lowest BCUT2D eigenvalue weighted by molar-refractivity contribution is -0.0411. The van der Waals surface area contributed by atoms with Crippen molar-refractivity contribution in [3.05, 3.63) is 46.1 Å². The lowest BCUT2D eigenvalue weighted by Gasteiger charge is -2.37. The van der Waals surface area contributed by atoms with Crippen molar-refractivity contribution in [2.24, 2.45) is 0 Å². The zero-order chi connectivity index (χ0) is 19.5. The van der Waals surface area contributed by atoms with Crippen molar-refractivity contribution in [1.82, 2.24) is 0 Å². The summed E-state index contributed by atoms with van der Waals surface area (Å²) in [5.41, 5.74) is -0.468. The number of phenolic OH excluding ortho intramolecular Hbond substituents is 2. The van der Waals surface area contributed by atoms with Crippen molar-refractivity contribution in [3.63, 3.8) is 0 Å². The summed E-state index contributed by atoms with van der Waals surface area (Å²) in [5, 5.41) is 39.9. The van der Waals surface area contributed by atoms with Gasteiger partial charge in [0.1, 0.15) is 33.8 Å². The molecular weight excluding hydrogens is 352 g/mol. The van der Waals surface area contributed by atoms with E-state index in [1.54, 1.807) is 32.0 Å². The quantitative estimate of drug-likeness (QED) is 0.520. The van der Waals surface area contributed by atoms with Gasteiger partial charge >= 0.3 is 0 Å². The number of hydrogen-bond acceptors (Lipinski definition) is 7. The molecule has 0 saturated carbocycles. The van der Waals surface area contributed by atoms with E-state index in [2.05, 4.69) is 0 Å². The largest absolute Gasteiger partial charge is 0.508 e. The van der Waals surface area contributed by atoms with E-state index in [1.165, 1.54) is 6.07 Å². The Bertz CT molecular complexity index is 1130. The molecule has 3 aromatic rings. The molecule has 0 spiro atoms. The number of fused-ring (bicyclic) bond motifs is 2. The molecule has 7 nitrogen and oxygen atoms in total. The van der Waals surface area contributed by atoms with Crippen LogP contribution in [0.2, 0.25) is 0 Å². The van der Waals surface area contributed by atoms with Crippen LogP contribution in [0.5, 0.6) is 23.0 Å². The lowest BCUT2D eigenvalue weighted by atomic mass is 9.90. The zero-order valence-corrected chi connectivity index (χ0v) is 14.7. The second kappa shape index (κ2) is 5.65. The van der Waals surface area contributed by atoms with Crippen LogP contribution in [-0.2, 0) is 6.42 Å². The Labute approximate surface area is 153 Å². The number of aromatic hydroxyl groups is 3. The molecule has 7 heteroatoms. The van der Waals surface area contributed by atoms with E-state index in [4.69, 9.17) is 9.15 Å². The summed E-state index contributed by atoms with van der Waals surface area (Å²) in [6.45, 7) is 3.59. The van der Waals surface area contributed by atoms with Gasteiger partial charge in [0.2, 0.25) is 11.2 Å². The molecule has 0 fully saturated rings. The summed E-state index contributed by atoms with van der Waals surface area (Å²) < 4.78 is 11.4. The molecule has 2 aromatic carbocycles. The molecule has 1 atom stereocenters. The highest BCUT2D eigenvalue weighted by Crippen LogP contribution is 2.39. The maximum absolute atomic E-state index is 12.5. The number of ether oxygens (including phenoxy) is 1. The minimum atomic E-state index is -0.807. The summed E-state index contributed by atoms with van der Waals surface area (Å²) in [7, 11) is 0. The van der Waals surface area contributed by atoms with Crippen molar-refractivity contribution in [1.29, 1.82) is 0 Å². The van der Waals surface area contributed by atoms with Crippen LogP contribution in [0.25, 0.3) is 22.3 Å². The average Bonchev–Trinajstić information content (AvgIpc) is 2.58. The van der Waals surface area contributed by atoms with E-state index in [1.807, 2.05) is 0 Å². The van der Waals surface area contributed by atoms with E-state index < -0.39 is 28.6 Å². The smallest absolute Gasteiger partial charge is 0.238 e. The summed E-state index contributed by atoms with van der Waals surface area (Å²) in [6.07, 6.45) is -0.373. The highest BCUT2D eigenvalue weighted by atomic mass is 16.5. The molecule has 0 radical (unpaired) electrons. The van der Waals surface area contributed by atoms with E-state index in [0.717, 1.165) is 6.07 Å². The first kappa shape index (κ1) is 17.2. The molecule has 1 aromatic heterocycles. The topological polar surface area (TPSA) is 120 Å². The van der Waals surface area contributed by atoms with Gasteiger partial charge in [0.15, 0.2) is 5.76 Å². The fourth-order valence-corrected chi connectivity index (χ4v) is 3.26. The van der Waals surface area contributed by atoms with Crippen molar-refractivity contribution >= 4 is 11.0 Å². The van der Waals surface area contributed by atoms with Gasteiger partial charge in [-0.05, 0) is 37.6 Å². The third-order valence-corrected chi connectivity index (χ3v) is 4.85. The molecule has 4 rings (SSSR count). The Morgan fingerprint density at radius 1 is 1.11 bits per heavy atom. The monoisotopic (exact) mass is 370 g/mol. The minimum absolute atomic E-state index is 0.0551. The first-order valence-corrected chi connectivity index (χ1v) is 8.39. The predicted molar refractivity (Wildman–Crippen MR) is 97.3 cm³/mol. The van der Waals surface area contributed by atoms with Crippen LogP contribution in [-0.4, -0.2) is 32.1 Å². The normalized spacial score (nSPS) is 18.1. The molecule has 0 unspecified atom stereocenters. The van der Waals surface area contributed by atoms with Crippen LogP contribution in [0.4, 0.5) is 0 Å². The van der Waals surface area contributed by atoms with Gasteiger partial charge in [-0.1, -0.05) is 0 Å². The second-order valence-corrected chi connectivity index (χ2v) is 7.19. The number of benzene rings is 2. The molecule has 0 amide bonds. The molecule has 2 heterocycles. The van der Waals surface area contributed by atoms with Gasteiger partial charge < -0.3 is 29.6 Å². The Kier molecular flexibility index (Phi) is 3.61. The van der Waals surface area contributed by atoms with Crippen LogP contribution in [0, 0.1) is 0 Å². The van der Waals surface area contributed by atoms with Gasteiger partial charge in [-0.2, -0.15) is 0 Å². The number of rotatable bonds is 1. The van der Waals surface area contributed by atoms with Gasteiger partial charge in [0, 0.05) is 24.1 Å². The Balaban J connectivity index is 1.90. The van der Waals surface area contributed by atoms with Gasteiger partial charge in [-0.25, -0.2) is 0 Å². The lowest BCUT2D eigenvalue weighted by Crippen LogP contribution is -2.46. The van der Waals surface area contributed by atoms with E-state index in [-0.39, 0.29) is 22.5 Å².